The molecule has 1 rings (SSSR count). The molecule has 1 aromatic rings. The molecule has 15 heavy (non-hydrogen) atoms. The molecule has 1 aromatic carbocycles. The fourth-order valence-electron chi connectivity index (χ4n) is 1.28. The molecule has 0 aliphatic rings. The number of thioether (sulfide) groups is 1. The molecule has 0 spiro atoms. The van der Waals surface area contributed by atoms with Gasteiger partial charge < -0.3 is 5.32 Å². The summed E-state index contributed by atoms with van der Waals surface area (Å²) in [5.74, 6) is 3.36. The molecule has 0 unspecified atom stereocenters. The van der Waals surface area contributed by atoms with Crippen LogP contribution in [-0.2, 0) is 0 Å². The SMILES string of the molecule is CC(C)CSCCCNc1ccccc1. The van der Waals surface area contributed by atoms with Gasteiger partial charge in [-0.15, -0.1) is 0 Å². The first-order valence-electron chi connectivity index (χ1n) is 5.65. The van der Waals surface area contributed by atoms with Crippen LogP contribution in [0.4, 0.5) is 5.69 Å². The minimum Gasteiger partial charge on any atom is -0.385 e. The first kappa shape index (κ1) is 12.4. The third kappa shape index (κ3) is 6.45. The Balaban J connectivity index is 1.98. The maximum Gasteiger partial charge on any atom is 0.0340 e. The van der Waals surface area contributed by atoms with E-state index < -0.39 is 0 Å². The van der Waals surface area contributed by atoms with E-state index in [9.17, 15) is 0 Å². The van der Waals surface area contributed by atoms with Gasteiger partial charge in [-0.05, 0) is 36.0 Å². The van der Waals surface area contributed by atoms with Crippen molar-refractivity contribution >= 4 is 17.4 Å². The number of hydrogen-bond donors (Lipinski definition) is 1. The summed E-state index contributed by atoms with van der Waals surface area (Å²) in [4.78, 5) is 0. The average molecular weight is 223 g/mol. The lowest BCUT2D eigenvalue weighted by molar-refractivity contribution is 0.749. The molecule has 1 nitrogen and oxygen atoms in total. The van der Waals surface area contributed by atoms with Crippen LogP contribution >= 0.6 is 11.8 Å². The van der Waals surface area contributed by atoms with Crippen molar-refractivity contribution in [2.45, 2.75) is 20.3 Å². The molecule has 0 heterocycles. The van der Waals surface area contributed by atoms with Gasteiger partial charge in [-0.3, -0.25) is 0 Å². The summed E-state index contributed by atoms with van der Waals surface area (Å²) in [6.07, 6.45) is 1.24. The normalized spacial score (nSPS) is 10.6. The molecule has 2 heteroatoms. The van der Waals surface area contributed by atoms with Gasteiger partial charge in [0.15, 0.2) is 0 Å². The van der Waals surface area contributed by atoms with Crippen molar-refractivity contribution in [2.75, 3.05) is 23.4 Å². The maximum atomic E-state index is 3.42. The van der Waals surface area contributed by atoms with E-state index in [1.54, 1.807) is 0 Å². The Morgan fingerprint density at radius 2 is 1.93 bits per heavy atom. The molecule has 84 valence electrons. The van der Waals surface area contributed by atoms with Crippen LogP contribution in [0.2, 0.25) is 0 Å². The highest BCUT2D eigenvalue weighted by Gasteiger charge is 1.94. The van der Waals surface area contributed by atoms with Gasteiger partial charge in [-0.1, -0.05) is 32.0 Å². The third-order valence-corrected chi connectivity index (χ3v) is 3.50. The summed E-state index contributed by atoms with van der Waals surface area (Å²) < 4.78 is 0. The number of benzene rings is 1. The van der Waals surface area contributed by atoms with E-state index >= 15 is 0 Å². The molecule has 0 aliphatic carbocycles. The van der Waals surface area contributed by atoms with Crippen LogP contribution in [0.1, 0.15) is 20.3 Å². The minimum atomic E-state index is 0.817. The maximum absolute atomic E-state index is 3.42. The Morgan fingerprint density at radius 1 is 1.20 bits per heavy atom. The molecule has 0 saturated carbocycles. The monoisotopic (exact) mass is 223 g/mol. The number of anilines is 1. The Hall–Kier alpha value is -0.630. The van der Waals surface area contributed by atoms with E-state index in [2.05, 4.69) is 55.2 Å². The molecule has 0 saturated heterocycles. The zero-order chi connectivity index (χ0) is 10.9. The van der Waals surface area contributed by atoms with Gasteiger partial charge in [0.25, 0.3) is 0 Å². The molecule has 0 aliphatic heterocycles. The lowest BCUT2D eigenvalue weighted by Crippen LogP contribution is -2.03. The van der Waals surface area contributed by atoms with E-state index in [0.29, 0.717) is 0 Å². The van der Waals surface area contributed by atoms with Crippen LogP contribution in [0.3, 0.4) is 0 Å². The zero-order valence-corrected chi connectivity index (χ0v) is 10.5. The number of para-hydroxylation sites is 1. The van der Waals surface area contributed by atoms with E-state index in [4.69, 9.17) is 0 Å². The van der Waals surface area contributed by atoms with E-state index in [1.807, 2.05) is 6.07 Å². The Labute approximate surface area is 97.7 Å². The average Bonchev–Trinajstić information content (AvgIpc) is 2.24. The van der Waals surface area contributed by atoms with Gasteiger partial charge in [-0.2, -0.15) is 11.8 Å². The number of nitrogens with one attached hydrogen (secondary N) is 1. The molecule has 0 amide bonds. The second-order valence-electron chi connectivity index (χ2n) is 4.12. The molecular formula is C13H21NS. The van der Waals surface area contributed by atoms with E-state index in [-0.39, 0.29) is 0 Å². The van der Waals surface area contributed by atoms with Crippen LogP contribution in [-0.4, -0.2) is 18.1 Å². The third-order valence-electron chi connectivity index (χ3n) is 2.02. The first-order valence-corrected chi connectivity index (χ1v) is 6.81. The van der Waals surface area contributed by atoms with E-state index in [1.165, 1.54) is 23.6 Å². The smallest absolute Gasteiger partial charge is 0.0340 e. The van der Waals surface area contributed by atoms with Gasteiger partial charge in [-0.25, -0.2) is 0 Å². The Morgan fingerprint density at radius 3 is 2.60 bits per heavy atom. The topological polar surface area (TPSA) is 12.0 Å². The van der Waals surface area contributed by atoms with Crippen LogP contribution in [0.25, 0.3) is 0 Å². The minimum absolute atomic E-state index is 0.817. The fourth-order valence-corrected chi connectivity index (χ4v) is 2.27. The highest BCUT2D eigenvalue weighted by molar-refractivity contribution is 7.99. The summed E-state index contributed by atoms with van der Waals surface area (Å²) >= 11 is 2.06. The predicted molar refractivity (Wildman–Crippen MR) is 71.7 cm³/mol. The summed E-state index contributed by atoms with van der Waals surface area (Å²) in [6.45, 7) is 5.62. The Bertz CT molecular complexity index is 246. The molecular weight excluding hydrogens is 202 g/mol. The van der Waals surface area contributed by atoms with Crippen molar-refractivity contribution in [3.05, 3.63) is 30.3 Å². The zero-order valence-electron chi connectivity index (χ0n) is 9.70. The number of hydrogen-bond acceptors (Lipinski definition) is 2. The lowest BCUT2D eigenvalue weighted by Gasteiger charge is -2.06. The van der Waals surface area contributed by atoms with Gasteiger partial charge in [0, 0.05) is 12.2 Å². The van der Waals surface area contributed by atoms with Crippen LogP contribution in [0.15, 0.2) is 30.3 Å². The standard InChI is InChI=1S/C13H21NS/c1-12(2)11-15-10-6-9-14-13-7-4-3-5-8-13/h3-5,7-8,12,14H,6,9-11H2,1-2H3. The molecule has 0 radical (unpaired) electrons. The van der Waals surface area contributed by atoms with Crippen molar-refractivity contribution in [3.63, 3.8) is 0 Å². The van der Waals surface area contributed by atoms with Crippen molar-refractivity contribution in [1.82, 2.24) is 0 Å². The highest BCUT2D eigenvalue weighted by Crippen LogP contribution is 2.09. The van der Waals surface area contributed by atoms with Gasteiger partial charge in [0.1, 0.15) is 0 Å². The molecule has 1 N–H and O–H groups in total. The van der Waals surface area contributed by atoms with Gasteiger partial charge >= 0.3 is 0 Å². The van der Waals surface area contributed by atoms with Crippen molar-refractivity contribution < 1.29 is 0 Å². The lowest BCUT2D eigenvalue weighted by atomic mass is 10.3. The van der Waals surface area contributed by atoms with Crippen molar-refractivity contribution in [3.8, 4) is 0 Å². The summed E-state index contributed by atoms with van der Waals surface area (Å²) in [7, 11) is 0. The molecule has 0 fully saturated rings. The van der Waals surface area contributed by atoms with Crippen molar-refractivity contribution in [1.29, 1.82) is 0 Å². The van der Waals surface area contributed by atoms with Crippen molar-refractivity contribution in [2.24, 2.45) is 5.92 Å². The predicted octanol–water partition coefficient (Wildman–Crippen LogP) is 3.88. The molecule has 0 bridgehead atoms. The fraction of sp³-hybridized carbons (Fsp3) is 0.538. The summed E-state index contributed by atoms with van der Waals surface area (Å²) in [5, 5.41) is 3.42. The second-order valence-corrected chi connectivity index (χ2v) is 5.26. The van der Waals surface area contributed by atoms with E-state index in [0.717, 1.165) is 12.5 Å². The van der Waals surface area contributed by atoms with Crippen LogP contribution < -0.4 is 5.32 Å². The quantitative estimate of drug-likeness (QED) is 0.704. The molecule has 0 aromatic heterocycles. The summed E-state index contributed by atoms with van der Waals surface area (Å²) in [6, 6.07) is 10.4. The summed E-state index contributed by atoms with van der Waals surface area (Å²) in [5.41, 5.74) is 1.23. The highest BCUT2D eigenvalue weighted by atomic mass is 32.2. The van der Waals surface area contributed by atoms with Crippen LogP contribution in [0, 0.1) is 5.92 Å². The Kier molecular flexibility index (Phi) is 6.33. The first-order chi connectivity index (χ1) is 7.29. The van der Waals surface area contributed by atoms with Gasteiger partial charge in [0.2, 0.25) is 0 Å². The largest absolute Gasteiger partial charge is 0.385 e. The van der Waals surface area contributed by atoms with Gasteiger partial charge in [0.05, 0.1) is 0 Å². The molecule has 0 atom stereocenters. The van der Waals surface area contributed by atoms with Crippen LogP contribution in [0.5, 0.6) is 0 Å². The number of rotatable bonds is 7. The second kappa shape index (κ2) is 7.63.